The van der Waals surface area contributed by atoms with E-state index >= 15 is 0 Å². The van der Waals surface area contributed by atoms with Gasteiger partial charge in [-0.15, -0.1) is 0 Å². The first-order valence-electron chi connectivity index (χ1n) is 3.66. The van der Waals surface area contributed by atoms with E-state index in [1.165, 1.54) is 0 Å². The van der Waals surface area contributed by atoms with E-state index < -0.39 is 11.7 Å². The fraction of sp³-hybridized carbons (Fsp3) is 1.00. The Morgan fingerprint density at radius 3 is 2.60 bits per heavy atom. The molecule has 0 aromatic carbocycles. The predicted octanol–water partition coefficient (Wildman–Crippen LogP) is -0.499. The van der Waals surface area contributed by atoms with Gasteiger partial charge in [0.1, 0.15) is 6.10 Å². The standard InChI is InChI=1S/C7H14O3/c1-2-5-3-7(5,10)6(9)4-8/h5-6,8-10H,2-4H2,1H3. The van der Waals surface area contributed by atoms with Crippen LogP contribution in [0.4, 0.5) is 0 Å². The van der Waals surface area contributed by atoms with Gasteiger partial charge < -0.3 is 15.3 Å². The van der Waals surface area contributed by atoms with Crippen molar-refractivity contribution in [3.8, 4) is 0 Å². The van der Waals surface area contributed by atoms with Gasteiger partial charge in [0.05, 0.1) is 12.2 Å². The van der Waals surface area contributed by atoms with E-state index in [0.29, 0.717) is 6.42 Å². The summed E-state index contributed by atoms with van der Waals surface area (Å²) in [6, 6.07) is 0. The van der Waals surface area contributed by atoms with Crippen molar-refractivity contribution in [2.45, 2.75) is 31.5 Å². The monoisotopic (exact) mass is 146 g/mol. The highest BCUT2D eigenvalue weighted by Crippen LogP contribution is 2.47. The van der Waals surface area contributed by atoms with Crippen molar-refractivity contribution in [1.82, 2.24) is 0 Å². The zero-order valence-electron chi connectivity index (χ0n) is 6.12. The van der Waals surface area contributed by atoms with Crippen LogP contribution >= 0.6 is 0 Å². The van der Waals surface area contributed by atoms with Crippen LogP contribution in [0.5, 0.6) is 0 Å². The Morgan fingerprint density at radius 1 is 1.70 bits per heavy atom. The van der Waals surface area contributed by atoms with Crippen LogP contribution in [0.25, 0.3) is 0 Å². The van der Waals surface area contributed by atoms with Crippen LogP contribution < -0.4 is 0 Å². The van der Waals surface area contributed by atoms with Gasteiger partial charge in [0.2, 0.25) is 0 Å². The fourth-order valence-electron chi connectivity index (χ4n) is 1.40. The smallest absolute Gasteiger partial charge is 0.106 e. The van der Waals surface area contributed by atoms with Crippen LogP contribution in [0.15, 0.2) is 0 Å². The van der Waals surface area contributed by atoms with Crippen LogP contribution in [0, 0.1) is 5.92 Å². The van der Waals surface area contributed by atoms with E-state index in [1.807, 2.05) is 6.92 Å². The molecular weight excluding hydrogens is 132 g/mol. The molecule has 0 aliphatic heterocycles. The average molecular weight is 146 g/mol. The molecule has 60 valence electrons. The lowest BCUT2D eigenvalue weighted by Gasteiger charge is -2.14. The summed E-state index contributed by atoms with van der Waals surface area (Å²) in [6.45, 7) is 1.62. The van der Waals surface area contributed by atoms with E-state index in [-0.39, 0.29) is 12.5 Å². The minimum Gasteiger partial charge on any atom is -0.394 e. The van der Waals surface area contributed by atoms with Crippen LogP contribution in [0.1, 0.15) is 19.8 Å². The maximum absolute atomic E-state index is 9.45. The van der Waals surface area contributed by atoms with E-state index in [4.69, 9.17) is 10.2 Å². The Morgan fingerprint density at radius 2 is 2.30 bits per heavy atom. The van der Waals surface area contributed by atoms with Gasteiger partial charge in [-0.25, -0.2) is 0 Å². The molecule has 1 rings (SSSR count). The molecule has 1 aliphatic carbocycles. The molecule has 1 aliphatic rings. The Labute approximate surface area is 60.3 Å². The van der Waals surface area contributed by atoms with Crippen molar-refractivity contribution < 1.29 is 15.3 Å². The van der Waals surface area contributed by atoms with Crippen molar-refractivity contribution in [3.05, 3.63) is 0 Å². The topological polar surface area (TPSA) is 60.7 Å². The van der Waals surface area contributed by atoms with Crippen LogP contribution in [-0.4, -0.2) is 33.6 Å². The molecule has 3 nitrogen and oxygen atoms in total. The third kappa shape index (κ3) is 1.05. The highest BCUT2D eigenvalue weighted by atomic mass is 16.4. The largest absolute Gasteiger partial charge is 0.394 e. The molecular formula is C7H14O3. The fourth-order valence-corrected chi connectivity index (χ4v) is 1.40. The molecule has 3 heteroatoms. The lowest BCUT2D eigenvalue weighted by Crippen LogP contribution is -2.33. The minimum absolute atomic E-state index is 0.189. The van der Waals surface area contributed by atoms with Crippen LogP contribution in [0.2, 0.25) is 0 Å². The third-order valence-electron chi connectivity index (χ3n) is 2.36. The normalized spacial score (nSPS) is 41.4. The molecule has 10 heavy (non-hydrogen) atoms. The molecule has 1 saturated carbocycles. The lowest BCUT2D eigenvalue weighted by molar-refractivity contribution is -0.0403. The Bertz CT molecular complexity index is 126. The van der Waals surface area contributed by atoms with Gasteiger partial charge in [-0.1, -0.05) is 13.3 Å². The van der Waals surface area contributed by atoms with E-state index in [2.05, 4.69) is 0 Å². The quantitative estimate of drug-likeness (QED) is 0.503. The first-order chi connectivity index (χ1) is 4.65. The van der Waals surface area contributed by atoms with Crippen LogP contribution in [0.3, 0.4) is 0 Å². The highest BCUT2D eigenvalue weighted by Gasteiger charge is 2.56. The van der Waals surface area contributed by atoms with Gasteiger partial charge in [-0.2, -0.15) is 0 Å². The van der Waals surface area contributed by atoms with E-state index in [1.54, 1.807) is 0 Å². The summed E-state index contributed by atoms with van der Waals surface area (Å²) in [5.74, 6) is 0.189. The Hall–Kier alpha value is -0.120. The molecule has 3 unspecified atom stereocenters. The van der Waals surface area contributed by atoms with Gasteiger partial charge in [-0.3, -0.25) is 0 Å². The summed E-state index contributed by atoms with van der Waals surface area (Å²) < 4.78 is 0. The summed E-state index contributed by atoms with van der Waals surface area (Å²) in [5, 5.41) is 27.0. The lowest BCUT2D eigenvalue weighted by atomic mass is 10.1. The molecule has 0 aromatic heterocycles. The van der Waals surface area contributed by atoms with Crippen LogP contribution in [-0.2, 0) is 0 Å². The zero-order chi connectivity index (χ0) is 7.78. The second-order valence-electron chi connectivity index (χ2n) is 3.00. The number of hydrogen-bond acceptors (Lipinski definition) is 3. The number of hydrogen-bond donors (Lipinski definition) is 3. The summed E-state index contributed by atoms with van der Waals surface area (Å²) in [5.41, 5.74) is -0.969. The molecule has 0 heterocycles. The maximum atomic E-state index is 9.45. The van der Waals surface area contributed by atoms with E-state index in [9.17, 15) is 5.11 Å². The van der Waals surface area contributed by atoms with Gasteiger partial charge in [0, 0.05) is 0 Å². The summed E-state index contributed by atoms with van der Waals surface area (Å²) >= 11 is 0. The zero-order valence-corrected chi connectivity index (χ0v) is 6.12. The minimum atomic E-state index is -0.969. The molecule has 1 fully saturated rings. The molecule has 3 atom stereocenters. The molecule has 0 amide bonds. The second-order valence-corrected chi connectivity index (χ2v) is 3.00. The summed E-state index contributed by atoms with van der Waals surface area (Å²) in [4.78, 5) is 0. The van der Waals surface area contributed by atoms with Gasteiger partial charge in [-0.05, 0) is 12.3 Å². The summed E-state index contributed by atoms with van der Waals surface area (Å²) in [7, 11) is 0. The first kappa shape index (κ1) is 7.98. The number of aliphatic hydroxyl groups excluding tert-OH is 2. The molecule has 0 saturated heterocycles. The van der Waals surface area contributed by atoms with Crippen molar-refractivity contribution in [2.24, 2.45) is 5.92 Å². The van der Waals surface area contributed by atoms with Crippen molar-refractivity contribution >= 4 is 0 Å². The van der Waals surface area contributed by atoms with Crippen molar-refractivity contribution in [2.75, 3.05) is 6.61 Å². The molecule has 0 bridgehead atoms. The average Bonchev–Trinajstić information content (AvgIpc) is 2.61. The second kappa shape index (κ2) is 2.49. The number of rotatable bonds is 3. The van der Waals surface area contributed by atoms with Gasteiger partial charge in [0.25, 0.3) is 0 Å². The van der Waals surface area contributed by atoms with Crippen molar-refractivity contribution in [3.63, 3.8) is 0 Å². The first-order valence-corrected chi connectivity index (χ1v) is 3.66. The Balaban J connectivity index is 2.42. The molecule has 0 radical (unpaired) electrons. The maximum Gasteiger partial charge on any atom is 0.106 e. The third-order valence-corrected chi connectivity index (χ3v) is 2.36. The Kier molecular flexibility index (Phi) is 1.99. The van der Waals surface area contributed by atoms with Gasteiger partial charge in [0.15, 0.2) is 0 Å². The summed E-state index contributed by atoms with van der Waals surface area (Å²) in [6.07, 6.45) is 0.552. The number of aliphatic hydroxyl groups is 3. The predicted molar refractivity (Wildman–Crippen MR) is 36.4 cm³/mol. The van der Waals surface area contributed by atoms with Gasteiger partial charge >= 0.3 is 0 Å². The SMILES string of the molecule is CCC1CC1(O)C(O)CO. The van der Waals surface area contributed by atoms with Crippen molar-refractivity contribution in [1.29, 1.82) is 0 Å². The molecule has 0 aromatic rings. The molecule has 3 N–H and O–H groups in total. The highest BCUT2D eigenvalue weighted by molar-refractivity contribution is 5.07. The molecule has 0 spiro atoms. The van der Waals surface area contributed by atoms with E-state index in [0.717, 1.165) is 6.42 Å².